The van der Waals surface area contributed by atoms with Crippen molar-refractivity contribution in [1.82, 2.24) is 0 Å². The summed E-state index contributed by atoms with van der Waals surface area (Å²) < 4.78 is 1.44. The zero-order valence-electron chi connectivity index (χ0n) is 4.91. The highest BCUT2D eigenvalue weighted by atomic mass is 28.3. The fraction of sp³-hybridized carbons (Fsp3) is 1.00. The van der Waals surface area contributed by atoms with E-state index in [1.165, 1.54) is 4.17 Å². The van der Waals surface area contributed by atoms with Crippen molar-refractivity contribution in [3.05, 3.63) is 0 Å². The van der Waals surface area contributed by atoms with Gasteiger partial charge in [-0.25, -0.2) is 0 Å². The third kappa shape index (κ3) is 4.98. The van der Waals surface area contributed by atoms with E-state index in [1.54, 1.807) is 0 Å². The van der Waals surface area contributed by atoms with Crippen molar-refractivity contribution in [1.29, 1.82) is 0 Å². The number of hydrogen-bond acceptors (Lipinski definition) is 0. The van der Waals surface area contributed by atoms with Crippen molar-refractivity contribution in [2.75, 3.05) is 0 Å². The fourth-order valence-corrected chi connectivity index (χ4v) is 0. The van der Waals surface area contributed by atoms with Gasteiger partial charge in [-0.2, -0.15) is 4.17 Å². The van der Waals surface area contributed by atoms with Gasteiger partial charge in [0, 0.05) is 8.07 Å². The van der Waals surface area contributed by atoms with Gasteiger partial charge in [0.05, 0.1) is 0 Å². The molecule has 0 rings (SSSR count). The lowest BCUT2D eigenvalue weighted by Gasteiger charge is -2.11. The molecule has 0 N–H and O–H groups in total. The van der Waals surface area contributed by atoms with Gasteiger partial charge in [0.1, 0.15) is 0 Å². The second-order valence-electron chi connectivity index (χ2n) is 2.81. The van der Waals surface area contributed by atoms with E-state index in [2.05, 4.69) is 41.3 Å². The van der Waals surface area contributed by atoms with Gasteiger partial charge in [0.25, 0.3) is 0 Å². The van der Waals surface area contributed by atoms with E-state index in [9.17, 15) is 0 Å². The molecule has 0 fully saturated rings. The minimum absolute atomic E-state index is 0.619. The Labute approximate surface area is 53.8 Å². The van der Waals surface area contributed by atoms with Crippen LogP contribution in [0.1, 0.15) is 0 Å². The molecule has 0 bridgehead atoms. The second kappa shape index (κ2) is 2.33. The summed E-state index contributed by atoms with van der Waals surface area (Å²) in [6, 6.07) is 0. The molecule has 0 amide bonds. The minimum atomic E-state index is -0.619. The van der Waals surface area contributed by atoms with Crippen LogP contribution in [0.2, 0.25) is 23.8 Å². The summed E-state index contributed by atoms with van der Waals surface area (Å²) in [5, 5.41) is 0. The van der Waals surface area contributed by atoms with Crippen molar-refractivity contribution in [3.8, 4) is 0 Å². The third-order valence-corrected chi connectivity index (χ3v) is 6.75. The van der Waals surface area contributed by atoms with Crippen molar-refractivity contribution in [3.63, 3.8) is 0 Å². The highest BCUT2D eigenvalue weighted by Crippen LogP contribution is 2.01. The molecule has 0 atom stereocenters. The van der Waals surface area contributed by atoms with Crippen LogP contribution >= 0.6 is 0 Å². The predicted octanol–water partition coefficient (Wildman–Crippen LogP) is 1.45. The number of rotatable bonds is 1. The normalized spacial score (nSPS) is 11.7. The molecule has 0 spiro atoms. The fourth-order valence-electron chi connectivity index (χ4n) is 0. The molecule has 0 heterocycles. The molecule has 0 aromatic carbocycles. The Balaban J connectivity index is 3.17. The van der Waals surface area contributed by atoms with E-state index in [0.717, 1.165) is 0 Å². The molecule has 0 aliphatic carbocycles. The molecule has 0 saturated heterocycles. The Kier molecular flexibility index (Phi) is 2.71. The summed E-state index contributed by atoms with van der Waals surface area (Å²) in [6.07, 6.45) is 0. The largest absolute Gasteiger partial charge is 0.217 e. The molecule has 0 aromatic rings. The highest BCUT2D eigenvalue weighted by molar-refractivity contribution is 6.80. The van der Waals surface area contributed by atoms with Gasteiger partial charge >= 0.3 is 0 Å². The monoisotopic (exact) mass is 111 g/mol. The molecule has 2 heteroatoms. The first-order valence-corrected chi connectivity index (χ1v) is 7.06. The van der Waals surface area contributed by atoms with Crippen LogP contribution in [0, 0.1) is 0 Å². The van der Waals surface area contributed by atoms with Gasteiger partial charge in [-0.15, -0.1) is 0 Å². The van der Waals surface area contributed by atoms with Crippen LogP contribution in [-0.2, 0) is 0 Å². The van der Waals surface area contributed by atoms with Crippen LogP contribution < -0.4 is 0 Å². The average molecular weight is 112 g/mol. The van der Waals surface area contributed by atoms with Gasteiger partial charge in [-0.05, 0) is 0 Å². The molecule has 33 valence electrons. The predicted molar refractivity (Wildman–Crippen MR) is 33.9 cm³/mol. The van der Waals surface area contributed by atoms with Crippen molar-refractivity contribution in [2.24, 2.45) is 0 Å². The van der Waals surface area contributed by atoms with Gasteiger partial charge in [0.2, 0.25) is 21.7 Å². The lowest BCUT2D eigenvalue weighted by molar-refractivity contribution is 1.65. The summed E-state index contributed by atoms with van der Waals surface area (Å²) in [7, 11) is -0.619. The van der Waals surface area contributed by atoms with Gasteiger partial charge < -0.3 is 0 Å². The average Bonchev–Trinajstić information content (AvgIpc) is 1.35. The molecule has 6 heavy (non-hydrogen) atoms. The van der Waals surface area contributed by atoms with E-state index < -0.39 is 8.07 Å². The van der Waals surface area contributed by atoms with E-state index in [1.807, 2.05) is 0 Å². The van der Waals surface area contributed by atoms with Crippen LogP contribution in [0.3, 0.4) is 0 Å². The Morgan fingerprint density at radius 3 is 1.50 bits per heavy atom. The lowest BCUT2D eigenvalue weighted by Crippen LogP contribution is -2.18. The quantitative estimate of drug-likeness (QED) is 0.450. The van der Waals surface area contributed by atoms with Crippen LogP contribution in [0.5, 0.6) is 0 Å². The van der Waals surface area contributed by atoms with Crippen LogP contribution in [-0.4, -0.2) is 29.8 Å². The summed E-state index contributed by atoms with van der Waals surface area (Å²) in [6.45, 7) is 7.17. The molecule has 0 nitrogen and oxygen atoms in total. The van der Waals surface area contributed by atoms with E-state index in [-0.39, 0.29) is 0 Å². The molecule has 0 saturated carbocycles. The van der Waals surface area contributed by atoms with Crippen LogP contribution in [0.4, 0.5) is 0 Å². The molecule has 0 unspecified atom stereocenters. The summed E-state index contributed by atoms with van der Waals surface area (Å²) in [5.74, 6) is 0. The van der Waals surface area contributed by atoms with Crippen LogP contribution in [0.25, 0.3) is 0 Å². The lowest BCUT2D eigenvalue weighted by atomic mass is 11.7. The smallest absolute Gasteiger partial charge is 0.180 e. The van der Waals surface area contributed by atoms with Gasteiger partial charge in [-0.1, -0.05) is 19.6 Å². The van der Waals surface area contributed by atoms with Gasteiger partial charge in [-0.3, -0.25) is 0 Å². The van der Waals surface area contributed by atoms with Crippen LogP contribution in [0.15, 0.2) is 0 Å². The summed E-state index contributed by atoms with van der Waals surface area (Å²) in [4.78, 5) is 0. The maximum absolute atomic E-state index is 2.39. The Morgan fingerprint density at radius 2 is 1.50 bits per heavy atom. The standard InChI is InChI=1S/C4H11Si.Mg/c1-5(2,3)4;/h1H2,2-4H3;. The first-order chi connectivity index (χ1) is 2.56. The van der Waals surface area contributed by atoms with Crippen molar-refractivity contribution >= 4 is 29.8 Å². The summed E-state index contributed by atoms with van der Waals surface area (Å²) >= 11 is 2.10. The molecule has 0 aromatic heterocycles. The third-order valence-electron chi connectivity index (χ3n) is 0.750. The molecule has 1 radical (unpaired) electrons. The maximum atomic E-state index is 2.39. The minimum Gasteiger partial charge on any atom is -0.180 e. The summed E-state index contributed by atoms with van der Waals surface area (Å²) in [5.41, 5.74) is 0. The second-order valence-corrected chi connectivity index (χ2v) is 9.93. The zero-order chi connectivity index (χ0) is 5.21. The number of hydrogen-bond donors (Lipinski definition) is 0. The maximum Gasteiger partial charge on any atom is 0.217 e. The molecule has 0 aliphatic heterocycles. The topological polar surface area (TPSA) is 0 Å². The SMILES string of the molecule is C[Si](C)(C)[CH2][Mg]. The molecular weight excluding hydrogens is 100 g/mol. The first kappa shape index (κ1) is 6.98. The van der Waals surface area contributed by atoms with Crippen molar-refractivity contribution < 1.29 is 0 Å². The molecule has 0 aliphatic rings. The first-order valence-electron chi connectivity index (χ1n) is 2.35. The van der Waals surface area contributed by atoms with E-state index in [4.69, 9.17) is 0 Å². The van der Waals surface area contributed by atoms with E-state index >= 15 is 0 Å². The molecular formula is C4H11MgSi. The Morgan fingerprint density at radius 1 is 1.33 bits per heavy atom. The zero-order valence-corrected chi connectivity index (χ0v) is 7.33. The van der Waals surface area contributed by atoms with E-state index in [0.29, 0.717) is 0 Å². The highest BCUT2D eigenvalue weighted by Gasteiger charge is 2.04. The Hall–Kier alpha value is 0.983. The van der Waals surface area contributed by atoms with Crippen molar-refractivity contribution in [2.45, 2.75) is 23.8 Å². The Bertz CT molecular complexity index is 37.3. The van der Waals surface area contributed by atoms with Gasteiger partial charge in [0.15, 0.2) is 0 Å².